The van der Waals surface area contributed by atoms with Crippen molar-refractivity contribution in [2.24, 2.45) is 0 Å². The third-order valence-corrected chi connectivity index (χ3v) is 6.56. The van der Waals surface area contributed by atoms with Gasteiger partial charge in [-0.05, 0) is 29.8 Å². The molecule has 7 heteroatoms. The normalized spacial score (nSPS) is 15.9. The van der Waals surface area contributed by atoms with Gasteiger partial charge in [-0.15, -0.1) is 11.3 Å². The predicted octanol–water partition coefficient (Wildman–Crippen LogP) is 4.72. The molecule has 164 valence electrons. The minimum absolute atomic E-state index is 0.206. The highest BCUT2D eigenvalue weighted by molar-refractivity contribution is 7.19. The first-order valence-electron chi connectivity index (χ1n) is 10.5. The van der Waals surface area contributed by atoms with E-state index in [-0.39, 0.29) is 11.8 Å². The van der Waals surface area contributed by atoms with E-state index in [2.05, 4.69) is 5.32 Å². The van der Waals surface area contributed by atoms with Gasteiger partial charge in [0, 0.05) is 18.6 Å². The van der Waals surface area contributed by atoms with Crippen LogP contribution in [-0.2, 0) is 9.59 Å². The lowest BCUT2D eigenvalue weighted by Crippen LogP contribution is -2.47. The smallest absolute Gasteiger partial charge is 0.261 e. The topological polar surface area (TPSA) is 71.5 Å². The number of benzene rings is 3. The molecule has 3 aromatic carbocycles. The van der Waals surface area contributed by atoms with Crippen LogP contribution >= 0.6 is 11.3 Å². The summed E-state index contributed by atoms with van der Waals surface area (Å²) in [4.78, 5) is 32.7. The minimum atomic E-state index is -0.710. The quantitative estimate of drug-likeness (QED) is 0.473. The lowest BCUT2D eigenvalue weighted by molar-refractivity contribution is -0.119. The summed E-state index contributed by atoms with van der Waals surface area (Å²) in [5, 5.41) is 3.69. The summed E-state index contributed by atoms with van der Waals surface area (Å²) in [6.07, 6.45) is -0.710. The average Bonchev–Trinajstić information content (AvgIpc) is 3.37. The van der Waals surface area contributed by atoms with Gasteiger partial charge in [0.25, 0.3) is 5.91 Å². The molecule has 33 heavy (non-hydrogen) atoms. The van der Waals surface area contributed by atoms with E-state index < -0.39 is 6.17 Å². The zero-order chi connectivity index (χ0) is 22.9. The van der Waals surface area contributed by atoms with E-state index in [1.165, 1.54) is 18.3 Å². The first-order valence-corrected chi connectivity index (χ1v) is 11.3. The third-order valence-electron chi connectivity index (χ3n) is 5.49. The number of hydrogen-bond donors (Lipinski definition) is 1. The number of nitrogens with one attached hydrogen (secondary N) is 1. The summed E-state index contributed by atoms with van der Waals surface area (Å²) in [5.41, 5.74) is 3.47. The summed E-state index contributed by atoms with van der Waals surface area (Å²) >= 11 is 1.51. The van der Waals surface area contributed by atoms with E-state index in [9.17, 15) is 9.59 Å². The Morgan fingerprint density at radius 2 is 1.79 bits per heavy atom. The van der Waals surface area contributed by atoms with Crippen LogP contribution in [0.5, 0.6) is 5.75 Å². The number of amides is 2. The molecule has 5 rings (SSSR count). The molecule has 0 radical (unpaired) electrons. The van der Waals surface area contributed by atoms with Crippen molar-refractivity contribution in [2.75, 3.05) is 12.0 Å². The number of methoxy groups -OCH3 is 1. The molecule has 6 nitrogen and oxygen atoms in total. The minimum Gasteiger partial charge on any atom is -0.497 e. The zero-order valence-electron chi connectivity index (χ0n) is 18.1. The number of ether oxygens (including phenoxy) is 1. The van der Waals surface area contributed by atoms with Crippen molar-refractivity contribution < 1.29 is 14.3 Å². The van der Waals surface area contributed by atoms with Crippen LogP contribution in [0.4, 0.5) is 5.69 Å². The van der Waals surface area contributed by atoms with Gasteiger partial charge in [-0.3, -0.25) is 14.5 Å². The van der Waals surface area contributed by atoms with Crippen LogP contribution in [0.1, 0.15) is 17.5 Å². The standard InChI is InChI=1S/C26H21N3O3S/c1-16(30)27-24-23(25-28-20-13-6-7-14-21(20)33-25)22(17-9-4-3-5-10-17)26(31)29(24)18-11-8-12-19(15-18)32-2/h3-15,24H,1-2H3,(H,27,30)/t24-/m1/s1. The molecule has 1 atom stereocenters. The van der Waals surface area contributed by atoms with Gasteiger partial charge in [0.05, 0.1) is 28.6 Å². The Balaban J connectivity index is 1.76. The van der Waals surface area contributed by atoms with Crippen LogP contribution in [0.2, 0.25) is 0 Å². The van der Waals surface area contributed by atoms with Gasteiger partial charge >= 0.3 is 0 Å². The van der Waals surface area contributed by atoms with Crippen molar-refractivity contribution in [1.29, 1.82) is 0 Å². The summed E-state index contributed by atoms with van der Waals surface area (Å²) in [6.45, 7) is 1.45. The van der Waals surface area contributed by atoms with Crippen LogP contribution in [0.25, 0.3) is 21.4 Å². The summed E-state index contributed by atoms with van der Waals surface area (Å²) < 4.78 is 6.39. The molecule has 0 saturated heterocycles. The second kappa shape index (κ2) is 8.52. The molecule has 0 aliphatic carbocycles. The van der Waals surface area contributed by atoms with Crippen LogP contribution in [0.15, 0.2) is 78.9 Å². The van der Waals surface area contributed by atoms with Crippen LogP contribution in [-0.4, -0.2) is 30.1 Å². The molecule has 1 aromatic heterocycles. The monoisotopic (exact) mass is 455 g/mol. The second-order valence-corrected chi connectivity index (χ2v) is 8.65. The fourth-order valence-electron chi connectivity index (χ4n) is 4.07. The maximum Gasteiger partial charge on any atom is 0.261 e. The Kier molecular flexibility index (Phi) is 5.40. The van der Waals surface area contributed by atoms with Crippen molar-refractivity contribution >= 4 is 50.2 Å². The Morgan fingerprint density at radius 3 is 2.52 bits per heavy atom. The number of anilines is 1. The van der Waals surface area contributed by atoms with Crippen molar-refractivity contribution in [3.8, 4) is 5.75 Å². The summed E-state index contributed by atoms with van der Waals surface area (Å²) in [6, 6.07) is 24.6. The Hall–Kier alpha value is -3.97. The van der Waals surface area contributed by atoms with Crippen molar-refractivity contribution in [2.45, 2.75) is 13.1 Å². The Labute approximate surface area is 195 Å². The third kappa shape index (κ3) is 3.76. The van der Waals surface area contributed by atoms with Crippen molar-refractivity contribution in [3.63, 3.8) is 0 Å². The first kappa shape index (κ1) is 20.9. The maximum absolute atomic E-state index is 13.9. The van der Waals surface area contributed by atoms with Gasteiger partial charge in [-0.25, -0.2) is 4.98 Å². The highest BCUT2D eigenvalue weighted by Gasteiger charge is 2.43. The van der Waals surface area contributed by atoms with E-state index in [0.717, 1.165) is 15.8 Å². The molecule has 0 bridgehead atoms. The van der Waals surface area contributed by atoms with Gasteiger partial charge in [0.1, 0.15) is 16.9 Å². The van der Waals surface area contributed by atoms with Gasteiger partial charge in [-0.1, -0.05) is 48.5 Å². The molecule has 0 unspecified atom stereocenters. The number of carbonyl (C=O) groups excluding carboxylic acids is 2. The number of para-hydroxylation sites is 1. The molecular formula is C26H21N3O3S. The molecule has 1 aliphatic heterocycles. The SMILES string of the molecule is COc1cccc(N2C(=O)C(c3ccccc3)=C(c3nc4ccccc4s3)[C@@H]2NC(C)=O)c1. The van der Waals surface area contributed by atoms with Crippen molar-refractivity contribution in [1.82, 2.24) is 10.3 Å². The Bertz CT molecular complexity index is 1360. The molecule has 0 fully saturated rings. The average molecular weight is 456 g/mol. The van der Waals surface area contributed by atoms with Crippen LogP contribution in [0, 0.1) is 0 Å². The highest BCUT2D eigenvalue weighted by Crippen LogP contribution is 2.43. The summed E-state index contributed by atoms with van der Waals surface area (Å²) in [7, 11) is 1.58. The number of carbonyl (C=O) groups is 2. The second-order valence-electron chi connectivity index (χ2n) is 7.62. The van der Waals surface area contributed by atoms with Gasteiger partial charge in [-0.2, -0.15) is 0 Å². The fraction of sp³-hybridized carbons (Fsp3) is 0.115. The van der Waals surface area contributed by atoms with Crippen molar-refractivity contribution in [3.05, 3.63) is 89.4 Å². The number of fused-ring (bicyclic) bond motifs is 1. The van der Waals surface area contributed by atoms with Crippen LogP contribution in [0.3, 0.4) is 0 Å². The zero-order valence-corrected chi connectivity index (χ0v) is 18.9. The number of rotatable bonds is 5. The Morgan fingerprint density at radius 1 is 1.03 bits per heavy atom. The van der Waals surface area contributed by atoms with E-state index in [1.54, 1.807) is 18.1 Å². The van der Waals surface area contributed by atoms with E-state index >= 15 is 0 Å². The largest absolute Gasteiger partial charge is 0.497 e. The molecule has 2 heterocycles. The highest BCUT2D eigenvalue weighted by atomic mass is 32.1. The van der Waals surface area contributed by atoms with Gasteiger partial charge in [0.15, 0.2) is 0 Å². The van der Waals surface area contributed by atoms with Gasteiger partial charge < -0.3 is 10.1 Å². The van der Waals surface area contributed by atoms with E-state index in [1.807, 2.05) is 72.8 Å². The predicted molar refractivity (Wildman–Crippen MR) is 131 cm³/mol. The molecule has 1 N–H and O–H groups in total. The number of nitrogens with zero attached hydrogens (tertiary/aromatic N) is 2. The maximum atomic E-state index is 13.9. The molecular weight excluding hydrogens is 434 g/mol. The lowest BCUT2D eigenvalue weighted by Gasteiger charge is -2.27. The van der Waals surface area contributed by atoms with Gasteiger partial charge in [0.2, 0.25) is 5.91 Å². The molecule has 0 spiro atoms. The summed E-state index contributed by atoms with van der Waals surface area (Å²) in [5.74, 6) is 0.174. The van der Waals surface area contributed by atoms with E-state index in [4.69, 9.17) is 9.72 Å². The van der Waals surface area contributed by atoms with E-state index in [0.29, 0.717) is 27.6 Å². The first-order chi connectivity index (χ1) is 16.1. The lowest BCUT2D eigenvalue weighted by atomic mass is 10.0. The fourth-order valence-corrected chi connectivity index (χ4v) is 5.11. The molecule has 0 saturated carbocycles. The number of aromatic nitrogens is 1. The number of hydrogen-bond acceptors (Lipinski definition) is 5. The molecule has 4 aromatic rings. The number of thiazole rings is 1. The molecule has 1 aliphatic rings. The molecule has 2 amide bonds. The van der Waals surface area contributed by atoms with Crippen LogP contribution < -0.4 is 15.0 Å².